The molecular weight excluding hydrogens is 767 g/mol. The van der Waals surface area contributed by atoms with E-state index < -0.39 is 51.8 Å². The number of hydrogen-bond acceptors (Lipinski definition) is 9. The van der Waals surface area contributed by atoms with Crippen LogP contribution in [0.3, 0.4) is 0 Å². The van der Waals surface area contributed by atoms with Crippen molar-refractivity contribution in [2.24, 2.45) is 0 Å². The van der Waals surface area contributed by atoms with E-state index in [1.54, 1.807) is 0 Å². The van der Waals surface area contributed by atoms with Crippen LogP contribution in [0.5, 0.6) is 0 Å². The second kappa shape index (κ2) is 44.5. The molecule has 0 heterocycles. The summed E-state index contributed by atoms with van der Waals surface area (Å²) in [5, 5.41) is 18.4. The average Bonchev–Trinajstić information content (AvgIpc) is 3.22. The summed E-state index contributed by atoms with van der Waals surface area (Å²) in [6.07, 6.45) is 45.7. The molecule has 0 rings (SSSR count). The highest BCUT2D eigenvalue weighted by Gasteiger charge is 2.27. The first-order valence-electron chi connectivity index (χ1n) is 24.3. The predicted octanol–water partition coefficient (Wildman–Crippen LogP) is 13.3. The van der Waals surface area contributed by atoms with Gasteiger partial charge in [-0.1, -0.05) is 179 Å². The van der Waals surface area contributed by atoms with Gasteiger partial charge in [0, 0.05) is 12.8 Å². The van der Waals surface area contributed by atoms with E-state index in [4.69, 9.17) is 23.6 Å². The van der Waals surface area contributed by atoms with Crippen molar-refractivity contribution in [1.29, 1.82) is 0 Å². The second-order valence-corrected chi connectivity index (χ2v) is 17.9. The predicted molar refractivity (Wildman–Crippen MR) is 242 cm³/mol. The van der Waals surface area contributed by atoms with Gasteiger partial charge in [0.1, 0.15) is 12.7 Å². The van der Waals surface area contributed by atoms with Gasteiger partial charge in [0.25, 0.3) is 0 Å². The van der Waals surface area contributed by atoms with Crippen molar-refractivity contribution in [3.63, 3.8) is 0 Å². The number of aliphatic hydroxyl groups is 2. The van der Waals surface area contributed by atoms with Crippen molar-refractivity contribution < 1.29 is 47.8 Å². The monoisotopic (exact) mass is 859 g/mol. The molecule has 59 heavy (non-hydrogen) atoms. The third kappa shape index (κ3) is 44.3. The Hall–Kier alpha value is -1.55. The van der Waals surface area contributed by atoms with E-state index in [1.165, 1.54) is 148 Å². The van der Waals surface area contributed by atoms with E-state index in [0.717, 1.165) is 44.9 Å². The molecular formula is C48H91O10P. The van der Waals surface area contributed by atoms with Gasteiger partial charge in [-0.25, -0.2) is 4.57 Å². The van der Waals surface area contributed by atoms with Gasteiger partial charge in [-0.05, 0) is 64.2 Å². The van der Waals surface area contributed by atoms with Crippen molar-refractivity contribution >= 4 is 19.8 Å². The number of unbranched alkanes of at least 4 members (excludes halogenated alkanes) is 28. The largest absolute Gasteiger partial charge is 0.472 e. The molecule has 10 nitrogen and oxygen atoms in total. The van der Waals surface area contributed by atoms with Crippen LogP contribution in [0.15, 0.2) is 24.3 Å². The van der Waals surface area contributed by atoms with Gasteiger partial charge < -0.3 is 24.6 Å². The molecule has 0 saturated carbocycles. The fourth-order valence-electron chi connectivity index (χ4n) is 6.81. The van der Waals surface area contributed by atoms with Gasteiger partial charge in [0.15, 0.2) is 6.10 Å². The zero-order valence-corrected chi connectivity index (χ0v) is 38.9. The van der Waals surface area contributed by atoms with E-state index in [-0.39, 0.29) is 19.4 Å². The maximum atomic E-state index is 12.7. The molecule has 3 N–H and O–H groups in total. The highest BCUT2D eigenvalue weighted by molar-refractivity contribution is 7.47. The zero-order valence-electron chi connectivity index (χ0n) is 38.0. The lowest BCUT2D eigenvalue weighted by Gasteiger charge is -2.20. The van der Waals surface area contributed by atoms with Gasteiger partial charge in [-0.2, -0.15) is 0 Å². The number of aliphatic hydroxyl groups excluding tert-OH is 2. The number of hydrogen-bond donors (Lipinski definition) is 3. The van der Waals surface area contributed by atoms with Crippen molar-refractivity contribution in [3.05, 3.63) is 24.3 Å². The van der Waals surface area contributed by atoms with Gasteiger partial charge in [0.2, 0.25) is 0 Å². The molecule has 0 aromatic rings. The molecule has 0 aromatic carbocycles. The molecule has 0 bridgehead atoms. The molecule has 0 radical (unpaired) electrons. The Labute approximate surface area is 361 Å². The third-order valence-electron chi connectivity index (χ3n) is 10.6. The third-order valence-corrected chi connectivity index (χ3v) is 11.5. The maximum absolute atomic E-state index is 12.7. The Balaban J connectivity index is 4.19. The molecule has 0 aliphatic heterocycles. The summed E-state index contributed by atoms with van der Waals surface area (Å²) < 4.78 is 32.8. The highest BCUT2D eigenvalue weighted by atomic mass is 31.2. The van der Waals surface area contributed by atoms with Crippen molar-refractivity contribution in [3.8, 4) is 0 Å². The highest BCUT2D eigenvalue weighted by Crippen LogP contribution is 2.43. The van der Waals surface area contributed by atoms with Crippen LogP contribution < -0.4 is 0 Å². The lowest BCUT2D eigenvalue weighted by Crippen LogP contribution is -2.29. The second-order valence-electron chi connectivity index (χ2n) is 16.5. The molecule has 1 unspecified atom stereocenters. The number of esters is 2. The Bertz CT molecular complexity index is 1040. The van der Waals surface area contributed by atoms with Crippen molar-refractivity contribution in [1.82, 2.24) is 0 Å². The van der Waals surface area contributed by atoms with E-state index in [2.05, 4.69) is 38.2 Å². The Morgan fingerprint density at radius 3 is 1.24 bits per heavy atom. The van der Waals surface area contributed by atoms with Crippen LogP contribution in [0.2, 0.25) is 0 Å². The normalized spacial score (nSPS) is 13.9. The summed E-state index contributed by atoms with van der Waals surface area (Å²) in [6.45, 7) is 2.39. The number of phosphoric acid groups is 1. The topological polar surface area (TPSA) is 149 Å². The van der Waals surface area contributed by atoms with E-state index in [1.807, 2.05) is 0 Å². The van der Waals surface area contributed by atoms with Crippen LogP contribution in [-0.4, -0.2) is 65.7 Å². The molecule has 0 amide bonds. The summed E-state index contributed by atoms with van der Waals surface area (Å²) >= 11 is 0. The number of phosphoric ester groups is 1. The number of rotatable bonds is 46. The smallest absolute Gasteiger partial charge is 0.462 e. The number of allylic oxidation sites excluding steroid dienone is 4. The molecule has 11 heteroatoms. The molecule has 3 atom stereocenters. The Morgan fingerprint density at radius 1 is 0.492 bits per heavy atom. The first kappa shape index (κ1) is 57.4. The van der Waals surface area contributed by atoms with Crippen LogP contribution in [0.25, 0.3) is 0 Å². The first-order chi connectivity index (χ1) is 28.7. The van der Waals surface area contributed by atoms with Crippen LogP contribution in [0.4, 0.5) is 0 Å². The summed E-state index contributed by atoms with van der Waals surface area (Å²) in [5.74, 6) is -0.922. The van der Waals surface area contributed by atoms with E-state index in [0.29, 0.717) is 12.8 Å². The Morgan fingerprint density at radius 2 is 0.831 bits per heavy atom. The molecule has 0 aliphatic rings. The van der Waals surface area contributed by atoms with E-state index in [9.17, 15) is 24.2 Å². The summed E-state index contributed by atoms with van der Waals surface area (Å²) in [7, 11) is -4.62. The first-order valence-corrected chi connectivity index (χ1v) is 25.8. The number of ether oxygens (including phenoxy) is 2. The fraction of sp³-hybridized carbons (Fsp3) is 0.875. The fourth-order valence-corrected chi connectivity index (χ4v) is 7.60. The molecule has 0 fully saturated rings. The van der Waals surface area contributed by atoms with Crippen LogP contribution >= 0.6 is 7.82 Å². The minimum atomic E-state index is -4.62. The van der Waals surface area contributed by atoms with E-state index >= 15 is 0 Å². The maximum Gasteiger partial charge on any atom is 0.472 e. The SMILES string of the molecule is CCCCCC/C=C/CCCCCCCCCC(=O)OC[C@H](COP(=O)(O)OC[C@@H](O)CO)OC(=O)CCCCCCCCCCCCC/C=C/CCCCCCCC. The van der Waals surface area contributed by atoms with Crippen LogP contribution in [0, 0.1) is 0 Å². The molecule has 0 aromatic heterocycles. The lowest BCUT2D eigenvalue weighted by molar-refractivity contribution is -0.161. The van der Waals surface area contributed by atoms with Gasteiger partial charge in [-0.3, -0.25) is 18.6 Å². The molecule has 0 spiro atoms. The number of carbonyl (C=O) groups is 2. The average molecular weight is 859 g/mol. The summed E-state index contributed by atoms with van der Waals surface area (Å²) in [4.78, 5) is 35.1. The van der Waals surface area contributed by atoms with Crippen molar-refractivity contribution in [2.75, 3.05) is 26.4 Å². The molecule has 0 saturated heterocycles. The van der Waals surface area contributed by atoms with Crippen LogP contribution in [-0.2, 0) is 32.7 Å². The van der Waals surface area contributed by atoms with Gasteiger partial charge in [-0.15, -0.1) is 0 Å². The molecule has 348 valence electrons. The minimum absolute atomic E-state index is 0.185. The summed E-state index contributed by atoms with van der Waals surface area (Å²) in [6, 6.07) is 0. The minimum Gasteiger partial charge on any atom is -0.462 e. The zero-order chi connectivity index (χ0) is 43.3. The van der Waals surface area contributed by atoms with Gasteiger partial charge >= 0.3 is 19.8 Å². The van der Waals surface area contributed by atoms with Crippen molar-refractivity contribution in [2.45, 2.75) is 244 Å². The quantitative estimate of drug-likeness (QED) is 0.0234. The van der Waals surface area contributed by atoms with Gasteiger partial charge in [0.05, 0.1) is 19.8 Å². The molecule has 0 aliphatic carbocycles. The Kier molecular flexibility index (Phi) is 43.3. The number of carbonyl (C=O) groups excluding carboxylic acids is 2. The standard InChI is InChI=1S/C48H91O10P/c1-3-5-7-9-11-13-15-17-19-20-21-22-23-24-26-28-30-32-34-36-38-40-48(52)58-46(44-57-59(53,54)56-42-45(50)41-49)43-55-47(51)39-37-35-33-31-29-27-25-18-16-14-12-10-8-6-4-2/h14,16-17,19,45-46,49-50H,3-13,15,18,20-44H2,1-2H3,(H,53,54)/b16-14+,19-17+/t45-,46+/m0/s1. The van der Waals surface area contributed by atoms with Crippen LogP contribution in [0.1, 0.15) is 232 Å². The summed E-state index contributed by atoms with van der Waals surface area (Å²) in [5.41, 5.74) is 0. The lowest BCUT2D eigenvalue weighted by atomic mass is 10.0.